The van der Waals surface area contributed by atoms with Crippen LogP contribution in [0.25, 0.3) is 5.57 Å². The SMILES string of the molecule is O=C(O)COc1ccc(SC/C=C(/c2ccccc2)c2cccc(OC(F)(F)F)c2)cc1Cl. The second-order valence-corrected chi connectivity index (χ2v) is 8.15. The zero-order chi connectivity index (χ0) is 23.8. The first-order valence-corrected chi connectivity index (χ1v) is 11.0. The van der Waals surface area contributed by atoms with Gasteiger partial charge in [0, 0.05) is 10.6 Å². The van der Waals surface area contributed by atoms with E-state index in [9.17, 15) is 18.0 Å². The maximum Gasteiger partial charge on any atom is 0.573 e. The topological polar surface area (TPSA) is 55.8 Å². The molecule has 0 unspecified atom stereocenters. The fourth-order valence-corrected chi connectivity index (χ4v) is 4.04. The average Bonchev–Trinajstić information content (AvgIpc) is 2.75. The number of carbonyl (C=O) groups is 1. The Morgan fingerprint density at radius 1 is 1.00 bits per heavy atom. The summed E-state index contributed by atoms with van der Waals surface area (Å²) in [5.74, 6) is -0.628. The highest BCUT2D eigenvalue weighted by Gasteiger charge is 2.31. The summed E-state index contributed by atoms with van der Waals surface area (Å²) in [6, 6.07) is 20.1. The number of hydrogen-bond donors (Lipinski definition) is 1. The molecule has 0 heterocycles. The molecule has 0 radical (unpaired) electrons. The predicted octanol–water partition coefficient (Wildman–Crippen LogP) is 6.93. The summed E-state index contributed by atoms with van der Waals surface area (Å²) in [5, 5.41) is 8.99. The molecule has 0 amide bonds. The molecular weight excluding hydrogens is 477 g/mol. The largest absolute Gasteiger partial charge is 0.573 e. The van der Waals surface area contributed by atoms with Gasteiger partial charge in [-0.25, -0.2) is 4.79 Å². The van der Waals surface area contributed by atoms with E-state index in [0.717, 1.165) is 16.0 Å². The quantitative estimate of drug-likeness (QED) is 0.327. The van der Waals surface area contributed by atoms with E-state index < -0.39 is 18.9 Å². The Kier molecular flexibility index (Phi) is 8.30. The van der Waals surface area contributed by atoms with E-state index in [4.69, 9.17) is 21.4 Å². The maximum atomic E-state index is 12.6. The molecule has 33 heavy (non-hydrogen) atoms. The number of alkyl halides is 3. The fourth-order valence-electron chi connectivity index (χ4n) is 2.93. The number of carboxylic acid groups (broad SMARTS) is 1. The van der Waals surface area contributed by atoms with Crippen molar-refractivity contribution in [1.82, 2.24) is 0 Å². The Bertz CT molecular complexity index is 1130. The molecule has 4 nitrogen and oxygen atoms in total. The number of thioether (sulfide) groups is 1. The van der Waals surface area contributed by atoms with E-state index in [1.807, 2.05) is 36.4 Å². The smallest absolute Gasteiger partial charge is 0.480 e. The number of rotatable bonds is 9. The molecule has 0 bridgehead atoms. The molecule has 9 heteroatoms. The Labute approximate surface area is 197 Å². The van der Waals surface area contributed by atoms with Crippen molar-refractivity contribution < 1.29 is 32.5 Å². The summed E-state index contributed by atoms with van der Waals surface area (Å²) < 4.78 is 47.1. The summed E-state index contributed by atoms with van der Waals surface area (Å²) >= 11 is 7.62. The van der Waals surface area contributed by atoms with Crippen molar-refractivity contribution in [1.29, 1.82) is 0 Å². The minimum absolute atomic E-state index is 0.269. The van der Waals surface area contributed by atoms with E-state index in [0.29, 0.717) is 11.3 Å². The number of carboxylic acids is 1. The Hall–Kier alpha value is -3.10. The van der Waals surface area contributed by atoms with Crippen LogP contribution in [0.1, 0.15) is 11.1 Å². The van der Waals surface area contributed by atoms with E-state index in [2.05, 4.69) is 4.74 Å². The molecule has 0 saturated carbocycles. The third kappa shape index (κ3) is 7.76. The average molecular weight is 495 g/mol. The number of benzene rings is 3. The van der Waals surface area contributed by atoms with Gasteiger partial charge in [0.1, 0.15) is 11.5 Å². The molecule has 0 aliphatic rings. The van der Waals surface area contributed by atoms with Gasteiger partial charge >= 0.3 is 12.3 Å². The minimum atomic E-state index is -4.77. The van der Waals surface area contributed by atoms with Crippen molar-refractivity contribution in [2.24, 2.45) is 0 Å². The lowest BCUT2D eigenvalue weighted by atomic mass is 9.98. The number of ether oxygens (including phenoxy) is 2. The van der Waals surface area contributed by atoms with Crippen molar-refractivity contribution in [3.05, 3.63) is 95.0 Å². The summed E-state index contributed by atoms with van der Waals surface area (Å²) in [7, 11) is 0. The lowest BCUT2D eigenvalue weighted by Crippen LogP contribution is -2.17. The molecule has 0 saturated heterocycles. The van der Waals surface area contributed by atoms with Gasteiger partial charge in [-0.3, -0.25) is 0 Å². The predicted molar refractivity (Wildman–Crippen MR) is 122 cm³/mol. The molecule has 0 atom stereocenters. The van der Waals surface area contributed by atoms with Gasteiger partial charge in [-0.05, 0) is 47.0 Å². The molecule has 172 valence electrons. The molecule has 3 rings (SSSR count). The highest BCUT2D eigenvalue weighted by atomic mass is 35.5. The maximum absolute atomic E-state index is 12.6. The number of hydrogen-bond acceptors (Lipinski definition) is 4. The number of aliphatic carboxylic acids is 1. The Balaban J connectivity index is 1.80. The molecule has 0 aliphatic carbocycles. The third-order valence-corrected chi connectivity index (χ3v) is 5.47. The van der Waals surface area contributed by atoms with Crippen LogP contribution in [0, 0.1) is 0 Å². The van der Waals surface area contributed by atoms with Crippen LogP contribution in [0.2, 0.25) is 5.02 Å². The van der Waals surface area contributed by atoms with Crippen molar-refractivity contribution in [3.8, 4) is 11.5 Å². The Morgan fingerprint density at radius 3 is 2.39 bits per heavy atom. The van der Waals surface area contributed by atoms with Crippen LogP contribution >= 0.6 is 23.4 Å². The molecule has 3 aromatic rings. The van der Waals surface area contributed by atoms with Crippen molar-refractivity contribution in [2.45, 2.75) is 11.3 Å². The first-order chi connectivity index (χ1) is 15.7. The third-order valence-electron chi connectivity index (χ3n) is 4.26. The summed E-state index contributed by atoms with van der Waals surface area (Å²) in [5.41, 5.74) is 2.18. The van der Waals surface area contributed by atoms with E-state index >= 15 is 0 Å². The van der Waals surface area contributed by atoms with Gasteiger partial charge in [0.05, 0.1) is 5.02 Å². The monoisotopic (exact) mass is 494 g/mol. The minimum Gasteiger partial charge on any atom is -0.480 e. The van der Waals surface area contributed by atoms with Gasteiger partial charge in [0.15, 0.2) is 6.61 Å². The van der Waals surface area contributed by atoms with Crippen LogP contribution in [0.3, 0.4) is 0 Å². The van der Waals surface area contributed by atoms with Crippen molar-refractivity contribution >= 4 is 34.9 Å². The van der Waals surface area contributed by atoms with Crippen molar-refractivity contribution in [2.75, 3.05) is 12.4 Å². The van der Waals surface area contributed by atoms with E-state index in [1.165, 1.54) is 30.0 Å². The van der Waals surface area contributed by atoms with Crippen LogP contribution < -0.4 is 9.47 Å². The number of halogens is 4. The lowest BCUT2D eigenvalue weighted by molar-refractivity contribution is -0.274. The summed E-state index contributed by atoms with van der Waals surface area (Å²) in [6.45, 7) is -0.494. The normalized spacial score (nSPS) is 11.8. The highest BCUT2D eigenvalue weighted by Crippen LogP contribution is 2.32. The van der Waals surface area contributed by atoms with E-state index in [1.54, 1.807) is 24.3 Å². The van der Waals surface area contributed by atoms with Crippen LogP contribution in [-0.2, 0) is 4.79 Å². The van der Waals surface area contributed by atoms with Gasteiger partial charge in [-0.15, -0.1) is 24.9 Å². The molecule has 0 aliphatic heterocycles. The molecule has 3 aromatic carbocycles. The summed E-state index contributed by atoms with van der Waals surface area (Å²) in [4.78, 5) is 11.5. The van der Waals surface area contributed by atoms with Crippen LogP contribution in [-0.4, -0.2) is 29.8 Å². The van der Waals surface area contributed by atoms with Crippen LogP contribution in [0.5, 0.6) is 11.5 Å². The zero-order valence-electron chi connectivity index (χ0n) is 17.0. The van der Waals surface area contributed by atoms with Crippen molar-refractivity contribution in [3.63, 3.8) is 0 Å². The van der Waals surface area contributed by atoms with Gasteiger partial charge in [-0.1, -0.05) is 60.1 Å². The van der Waals surface area contributed by atoms with Crippen LogP contribution in [0.4, 0.5) is 13.2 Å². The second kappa shape index (κ2) is 11.2. The molecule has 0 aromatic heterocycles. The van der Waals surface area contributed by atoms with E-state index in [-0.39, 0.29) is 16.5 Å². The molecule has 0 fully saturated rings. The van der Waals surface area contributed by atoms with Gasteiger partial charge in [0.2, 0.25) is 0 Å². The van der Waals surface area contributed by atoms with Crippen LogP contribution in [0.15, 0.2) is 83.8 Å². The molecular formula is C24H18ClF3O4S. The first-order valence-electron chi connectivity index (χ1n) is 9.60. The standard InChI is InChI=1S/C24H18ClF3O4S/c25-21-14-19(9-10-22(21)31-15-23(29)30)33-12-11-20(16-5-2-1-3-6-16)17-7-4-8-18(13-17)32-24(26,27)28/h1-11,13-14H,12,15H2,(H,29,30)/b20-11-. The van der Waals surface area contributed by atoms with Gasteiger partial charge in [-0.2, -0.15) is 0 Å². The second-order valence-electron chi connectivity index (χ2n) is 6.65. The Morgan fingerprint density at radius 2 is 1.73 bits per heavy atom. The summed E-state index contributed by atoms with van der Waals surface area (Å²) in [6.07, 6.45) is -2.86. The fraction of sp³-hybridized carbons (Fsp3) is 0.125. The van der Waals surface area contributed by atoms with Gasteiger partial charge < -0.3 is 14.6 Å². The van der Waals surface area contributed by atoms with Gasteiger partial charge in [0.25, 0.3) is 0 Å². The first kappa shape index (κ1) is 24.5. The zero-order valence-corrected chi connectivity index (χ0v) is 18.6. The molecule has 0 spiro atoms. The highest BCUT2D eigenvalue weighted by molar-refractivity contribution is 7.99. The lowest BCUT2D eigenvalue weighted by Gasteiger charge is -2.13. The molecule has 1 N–H and O–H groups in total.